The van der Waals surface area contributed by atoms with Crippen LogP contribution in [0.2, 0.25) is 0 Å². The van der Waals surface area contributed by atoms with Crippen LogP contribution in [0.4, 0.5) is 15.8 Å². The fourth-order valence-electron chi connectivity index (χ4n) is 2.07. The Morgan fingerprint density at radius 2 is 1.79 bits per heavy atom. The van der Waals surface area contributed by atoms with Crippen LogP contribution in [0.25, 0.3) is 11.3 Å². The molecule has 24 heavy (non-hydrogen) atoms. The molecule has 0 aliphatic carbocycles. The highest BCUT2D eigenvalue weighted by molar-refractivity contribution is 6.03. The number of aromatic amines is 1. The number of nitrogens with zero attached hydrogens (tertiary/aromatic N) is 2. The maximum Gasteiger partial charge on any atom is 0.273 e. The van der Waals surface area contributed by atoms with E-state index in [1.54, 1.807) is 12.1 Å². The largest absolute Gasteiger partial charge is 0.321 e. The summed E-state index contributed by atoms with van der Waals surface area (Å²) >= 11 is 0. The summed E-state index contributed by atoms with van der Waals surface area (Å²) < 4.78 is 12.9. The minimum Gasteiger partial charge on any atom is -0.321 e. The molecule has 2 aromatic carbocycles. The molecule has 1 amide bonds. The Hall–Kier alpha value is -3.55. The second-order valence-electron chi connectivity index (χ2n) is 4.93. The number of non-ortho nitro benzene ring substituents is 1. The van der Waals surface area contributed by atoms with Gasteiger partial charge in [-0.05, 0) is 42.5 Å². The topological polar surface area (TPSA) is 101 Å². The number of amides is 1. The number of carbonyl (C=O) groups excluding carboxylic acids is 1. The van der Waals surface area contributed by atoms with Gasteiger partial charge in [0.05, 0.1) is 10.6 Å². The van der Waals surface area contributed by atoms with Crippen LogP contribution in [0.3, 0.4) is 0 Å². The summed E-state index contributed by atoms with van der Waals surface area (Å²) in [5.74, 6) is -0.796. The third kappa shape index (κ3) is 3.27. The fourth-order valence-corrected chi connectivity index (χ4v) is 2.07. The van der Waals surface area contributed by atoms with Crippen LogP contribution >= 0.6 is 0 Å². The highest BCUT2D eigenvalue weighted by atomic mass is 19.1. The lowest BCUT2D eigenvalue weighted by Crippen LogP contribution is -2.12. The summed E-state index contributed by atoms with van der Waals surface area (Å²) in [6.45, 7) is 0. The first-order valence-electron chi connectivity index (χ1n) is 6.90. The lowest BCUT2D eigenvalue weighted by molar-refractivity contribution is -0.384. The molecule has 0 saturated heterocycles. The standard InChI is InChI=1S/C16H11FN4O3/c17-11-3-1-10(2-4-11)14-9-15(20-19-14)16(22)18-12-5-7-13(8-6-12)21(23)24/h1-9H,(H,18,22)(H,19,20). The first kappa shape index (κ1) is 15.3. The van der Waals surface area contributed by atoms with E-state index in [2.05, 4.69) is 15.5 Å². The van der Waals surface area contributed by atoms with Gasteiger partial charge < -0.3 is 5.32 Å². The van der Waals surface area contributed by atoms with Crippen molar-refractivity contribution in [1.29, 1.82) is 0 Å². The summed E-state index contributed by atoms with van der Waals surface area (Å²) in [5, 5.41) is 19.8. The molecule has 0 radical (unpaired) electrons. The van der Waals surface area contributed by atoms with E-state index < -0.39 is 10.8 Å². The van der Waals surface area contributed by atoms with E-state index in [1.165, 1.54) is 42.5 Å². The number of nitro groups is 1. The number of anilines is 1. The third-order valence-corrected chi connectivity index (χ3v) is 3.30. The Kier molecular flexibility index (Phi) is 4.02. The second kappa shape index (κ2) is 6.29. The maximum atomic E-state index is 12.9. The number of benzene rings is 2. The Balaban J connectivity index is 1.73. The van der Waals surface area contributed by atoms with Gasteiger partial charge in [-0.3, -0.25) is 20.0 Å². The summed E-state index contributed by atoms with van der Waals surface area (Å²) in [4.78, 5) is 22.2. The summed E-state index contributed by atoms with van der Waals surface area (Å²) in [5.41, 5.74) is 1.75. The van der Waals surface area contributed by atoms with Gasteiger partial charge in [-0.2, -0.15) is 5.10 Å². The highest BCUT2D eigenvalue weighted by Crippen LogP contribution is 2.19. The van der Waals surface area contributed by atoms with Gasteiger partial charge in [0.25, 0.3) is 11.6 Å². The van der Waals surface area contributed by atoms with Gasteiger partial charge >= 0.3 is 0 Å². The van der Waals surface area contributed by atoms with Crippen molar-refractivity contribution in [3.05, 3.63) is 76.2 Å². The molecular formula is C16H11FN4O3. The van der Waals surface area contributed by atoms with Crippen LogP contribution in [0, 0.1) is 15.9 Å². The minimum atomic E-state index is -0.518. The van der Waals surface area contributed by atoms with Crippen LogP contribution < -0.4 is 5.32 Å². The monoisotopic (exact) mass is 326 g/mol. The zero-order valence-electron chi connectivity index (χ0n) is 12.2. The Labute approximate surface area is 135 Å². The van der Waals surface area contributed by atoms with Crippen molar-refractivity contribution in [2.45, 2.75) is 0 Å². The second-order valence-corrected chi connectivity index (χ2v) is 4.93. The Morgan fingerprint density at radius 3 is 2.42 bits per heavy atom. The lowest BCUT2D eigenvalue weighted by Gasteiger charge is -2.02. The summed E-state index contributed by atoms with van der Waals surface area (Å²) in [7, 11) is 0. The van der Waals surface area contributed by atoms with Gasteiger partial charge in [0.15, 0.2) is 0 Å². The first-order valence-corrected chi connectivity index (χ1v) is 6.90. The Bertz CT molecular complexity index is 888. The van der Waals surface area contributed by atoms with Gasteiger partial charge in [-0.15, -0.1) is 0 Å². The van der Waals surface area contributed by atoms with E-state index in [-0.39, 0.29) is 17.2 Å². The molecule has 1 heterocycles. The molecule has 0 atom stereocenters. The molecule has 120 valence electrons. The number of rotatable bonds is 4. The van der Waals surface area contributed by atoms with Crippen LogP contribution in [0.5, 0.6) is 0 Å². The zero-order chi connectivity index (χ0) is 17.1. The van der Waals surface area contributed by atoms with Crippen LogP contribution in [-0.4, -0.2) is 21.0 Å². The average molecular weight is 326 g/mol. The third-order valence-electron chi connectivity index (χ3n) is 3.30. The fraction of sp³-hybridized carbons (Fsp3) is 0. The van der Waals surface area contributed by atoms with Crippen molar-refractivity contribution in [2.75, 3.05) is 5.32 Å². The number of nitrogens with one attached hydrogen (secondary N) is 2. The van der Waals surface area contributed by atoms with E-state index in [9.17, 15) is 19.3 Å². The van der Waals surface area contributed by atoms with Crippen molar-refractivity contribution in [3.8, 4) is 11.3 Å². The summed E-state index contributed by atoms with van der Waals surface area (Å²) in [6.07, 6.45) is 0. The van der Waals surface area contributed by atoms with Crippen molar-refractivity contribution in [3.63, 3.8) is 0 Å². The number of H-pyrrole nitrogens is 1. The number of nitro benzene ring substituents is 1. The predicted octanol–water partition coefficient (Wildman–Crippen LogP) is 3.38. The van der Waals surface area contributed by atoms with E-state index in [0.29, 0.717) is 16.9 Å². The van der Waals surface area contributed by atoms with E-state index in [1.807, 2.05) is 0 Å². The quantitative estimate of drug-likeness (QED) is 0.567. The van der Waals surface area contributed by atoms with E-state index >= 15 is 0 Å². The van der Waals surface area contributed by atoms with Crippen molar-refractivity contribution >= 4 is 17.3 Å². The molecule has 1 aromatic heterocycles. The van der Waals surface area contributed by atoms with Crippen molar-refractivity contribution in [1.82, 2.24) is 10.2 Å². The molecule has 0 aliphatic heterocycles. The minimum absolute atomic E-state index is 0.0619. The van der Waals surface area contributed by atoms with Gasteiger partial charge in [0.2, 0.25) is 0 Å². The predicted molar refractivity (Wildman–Crippen MR) is 85.0 cm³/mol. The molecule has 0 saturated carbocycles. The molecule has 7 nitrogen and oxygen atoms in total. The van der Waals surface area contributed by atoms with Gasteiger partial charge in [-0.1, -0.05) is 0 Å². The van der Waals surface area contributed by atoms with Crippen molar-refractivity contribution < 1.29 is 14.1 Å². The smallest absolute Gasteiger partial charge is 0.273 e. The number of hydrogen-bond donors (Lipinski definition) is 2. The average Bonchev–Trinajstić information content (AvgIpc) is 3.06. The molecule has 0 aliphatic rings. The number of hydrogen-bond acceptors (Lipinski definition) is 4. The van der Waals surface area contributed by atoms with Gasteiger partial charge in [0.1, 0.15) is 11.5 Å². The van der Waals surface area contributed by atoms with Gasteiger partial charge in [-0.25, -0.2) is 4.39 Å². The van der Waals surface area contributed by atoms with E-state index in [4.69, 9.17) is 0 Å². The van der Waals surface area contributed by atoms with Crippen LogP contribution in [-0.2, 0) is 0 Å². The van der Waals surface area contributed by atoms with Crippen LogP contribution in [0.15, 0.2) is 54.6 Å². The molecule has 0 bridgehead atoms. The molecule has 2 N–H and O–H groups in total. The SMILES string of the molecule is O=C(Nc1ccc([N+](=O)[O-])cc1)c1cc(-c2ccc(F)cc2)n[nH]1. The zero-order valence-corrected chi connectivity index (χ0v) is 12.2. The highest BCUT2D eigenvalue weighted by Gasteiger charge is 2.12. The van der Waals surface area contributed by atoms with E-state index in [0.717, 1.165) is 0 Å². The molecule has 8 heteroatoms. The lowest BCUT2D eigenvalue weighted by atomic mass is 10.1. The van der Waals surface area contributed by atoms with Crippen LogP contribution in [0.1, 0.15) is 10.5 Å². The number of halogens is 1. The molecule has 0 unspecified atom stereocenters. The number of aromatic nitrogens is 2. The molecule has 0 fully saturated rings. The maximum absolute atomic E-state index is 12.9. The molecular weight excluding hydrogens is 315 g/mol. The first-order chi connectivity index (χ1) is 11.5. The normalized spacial score (nSPS) is 10.4. The number of carbonyl (C=O) groups is 1. The Morgan fingerprint density at radius 1 is 1.12 bits per heavy atom. The molecule has 0 spiro atoms. The van der Waals surface area contributed by atoms with Crippen molar-refractivity contribution in [2.24, 2.45) is 0 Å². The molecule has 3 rings (SSSR count). The van der Waals surface area contributed by atoms with Gasteiger partial charge in [0, 0.05) is 23.4 Å². The molecule has 3 aromatic rings. The summed E-state index contributed by atoms with van der Waals surface area (Å²) in [6, 6.07) is 12.7.